The van der Waals surface area contributed by atoms with Crippen molar-refractivity contribution in [1.29, 1.82) is 0 Å². The smallest absolute Gasteiger partial charge is 0.249 e. The van der Waals surface area contributed by atoms with Crippen molar-refractivity contribution in [3.05, 3.63) is 48.5 Å². The topological polar surface area (TPSA) is 90.1 Å². The lowest BCUT2D eigenvalue weighted by Crippen LogP contribution is -2.46. The molecule has 0 aliphatic heterocycles. The lowest BCUT2D eigenvalue weighted by Gasteiger charge is -2.28. The van der Waals surface area contributed by atoms with Gasteiger partial charge in [0.1, 0.15) is 5.75 Å². The number of aromatic nitrogens is 2. The van der Waals surface area contributed by atoms with Crippen LogP contribution in [0.4, 0.5) is 5.69 Å². The van der Waals surface area contributed by atoms with Crippen molar-refractivity contribution < 1.29 is 9.53 Å². The summed E-state index contributed by atoms with van der Waals surface area (Å²) in [5, 5.41) is 3.09. The zero-order chi connectivity index (χ0) is 14.6. The van der Waals surface area contributed by atoms with Gasteiger partial charge in [0, 0.05) is 12.4 Å². The van der Waals surface area contributed by atoms with E-state index in [9.17, 15) is 4.79 Å². The van der Waals surface area contributed by atoms with Crippen LogP contribution in [0.3, 0.4) is 0 Å². The number of hydrogen-bond donors (Lipinski definition) is 2. The number of anilines is 1. The van der Waals surface area contributed by atoms with Gasteiger partial charge >= 0.3 is 0 Å². The molecule has 0 saturated heterocycles. The average Bonchev–Trinajstić information content (AvgIpc) is 2.48. The Morgan fingerprint density at radius 1 is 1.35 bits per heavy atom. The molecule has 1 heterocycles. The molecule has 0 spiro atoms. The van der Waals surface area contributed by atoms with Gasteiger partial charge in [0.2, 0.25) is 5.91 Å². The molecule has 20 heavy (non-hydrogen) atoms. The molecule has 2 rings (SSSR count). The number of carbonyl (C=O) groups excluding carboxylic acids is 1. The standard InChI is InChI=1S/C14H16N4O2/c1-14(13(15)19,12-9-16-7-8-17-12)18-10-5-3-4-6-11(10)20-2/h3-9,18H,1-2H3,(H2,15,19). The summed E-state index contributed by atoms with van der Waals surface area (Å²) in [5.74, 6) is 0.0628. The van der Waals surface area contributed by atoms with E-state index < -0.39 is 11.4 Å². The first kappa shape index (κ1) is 13.8. The number of para-hydroxylation sites is 2. The number of nitrogens with two attached hydrogens (primary N) is 1. The molecule has 1 unspecified atom stereocenters. The first-order chi connectivity index (χ1) is 9.58. The summed E-state index contributed by atoms with van der Waals surface area (Å²) in [6, 6.07) is 7.27. The molecule has 6 nitrogen and oxygen atoms in total. The maximum absolute atomic E-state index is 11.9. The third kappa shape index (κ3) is 2.54. The second-order valence-electron chi connectivity index (χ2n) is 4.41. The molecule has 0 bridgehead atoms. The summed E-state index contributed by atoms with van der Waals surface area (Å²) < 4.78 is 5.26. The number of methoxy groups -OCH3 is 1. The van der Waals surface area contributed by atoms with Crippen LogP contribution in [0.5, 0.6) is 5.75 Å². The molecule has 0 fully saturated rings. The van der Waals surface area contributed by atoms with Gasteiger partial charge in [-0.25, -0.2) is 0 Å². The third-order valence-corrected chi connectivity index (χ3v) is 3.06. The third-order valence-electron chi connectivity index (χ3n) is 3.06. The van der Waals surface area contributed by atoms with Crippen molar-refractivity contribution in [1.82, 2.24) is 9.97 Å². The van der Waals surface area contributed by atoms with E-state index in [0.29, 0.717) is 17.1 Å². The average molecular weight is 272 g/mol. The predicted octanol–water partition coefficient (Wildman–Crippen LogP) is 1.30. The van der Waals surface area contributed by atoms with Crippen LogP contribution in [0.25, 0.3) is 0 Å². The summed E-state index contributed by atoms with van der Waals surface area (Å²) in [5.41, 5.74) is 5.45. The molecule has 3 N–H and O–H groups in total. The Morgan fingerprint density at radius 3 is 2.70 bits per heavy atom. The Kier molecular flexibility index (Phi) is 3.84. The Morgan fingerprint density at radius 2 is 2.10 bits per heavy atom. The van der Waals surface area contributed by atoms with E-state index in [-0.39, 0.29) is 0 Å². The van der Waals surface area contributed by atoms with Gasteiger partial charge < -0.3 is 15.8 Å². The van der Waals surface area contributed by atoms with E-state index in [1.807, 2.05) is 12.1 Å². The van der Waals surface area contributed by atoms with Crippen molar-refractivity contribution in [3.63, 3.8) is 0 Å². The van der Waals surface area contributed by atoms with E-state index >= 15 is 0 Å². The predicted molar refractivity (Wildman–Crippen MR) is 75.2 cm³/mol. The highest BCUT2D eigenvalue weighted by Gasteiger charge is 2.35. The monoisotopic (exact) mass is 272 g/mol. The minimum absolute atomic E-state index is 0.443. The van der Waals surface area contributed by atoms with Crippen LogP contribution in [0, 0.1) is 0 Å². The van der Waals surface area contributed by atoms with Crippen molar-refractivity contribution in [3.8, 4) is 5.75 Å². The molecule has 2 aromatic rings. The highest BCUT2D eigenvalue weighted by Crippen LogP contribution is 2.30. The molecule has 1 aromatic carbocycles. The maximum atomic E-state index is 11.9. The first-order valence-electron chi connectivity index (χ1n) is 6.05. The Bertz CT molecular complexity index is 603. The van der Waals surface area contributed by atoms with Gasteiger partial charge in [0.05, 0.1) is 24.7 Å². The Labute approximate surface area is 117 Å². The van der Waals surface area contributed by atoms with Gasteiger partial charge in [-0.2, -0.15) is 0 Å². The molecule has 104 valence electrons. The molecule has 0 saturated carbocycles. The van der Waals surface area contributed by atoms with Crippen molar-refractivity contribution in [2.75, 3.05) is 12.4 Å². The number of carbonyl (C=O) groups is 1. The van der Waals surface area contributed by atoms with E-state index in [1.54, 1.807) is 26.2 Å². The molecule has 1 atom stereocenters. The van der Waals surface area contributed by atoms with Crippen LogP contribution in [0.15, 0.2) is 42.9 Å². The fraction of sp³-hybridized carbons (Fsp3) is 0.214. The van der Waals surface area contributed by atoms with E-state index in [0.717, 1.165) is 0 Å². The SMILES string of the molecule is COc1ccccc1NC(C)(C(N)=O)c1cnccn1. The molecular formula is C14H16N4O2. The number of nitrogens with one attached hydrogen (secondary N) is 1. The zero-order valence-electron chi connectivity index (χ0n) is 11.3. The van der Waals surface area contributed by atoms with Crippen molar-refractivity contribution >= 4 is 11.6 Å². The highest BCUT2D eigenvalue weighted by atomic mass is 16.5. The molecule has 6 heteroatoms. The van der Waals surface area contributed by atoms with Gasteiger partial charge in [-0.15, -0.1) is 0 Å². The van der Waals surface area contributed by atoms with Crippen LogP contribution in [0.2, 0.25) is 0 Å². The van der Waals surface area contributed by atoms with Crippen LogP contribution in [-0.2, 0) is 10.3 Å². The van der Waals surface area contributed by atoms with E-state index in [1.165, 1.54) is 18.6 Å². The molecule has 1 amide bonds. The largest absolute Gasteiger partial charge is 0.495 e. The molecular weight excluding hydrogens is 256 g/mol. The number of nitrogens with zero attached hydrogens (tertiary/aromatic N) is 2. The fourth-order valence-corrected chi connectivity index (χ4v) is 1.83. The Hall–Kier alpha value is -2.63. The van der Waals surface area contributed by atoms with Crippen LogP contribution in [-0.4, -0.2) is 23.0 Å². The van der Waals surface area contributed by atoms with Gasteiger partial charge in [-0.05, 0) is 19.1 Å². The Balaban J connectivity index is 2.43. The second-order valence-corrected chi connectivity index (χ2v) is 4.41. The van der Waals surface area contributed by atoms with Gasteiger partial charge in [-0.1, -0.05) is 12.1 Å². The molecule has 0 aliphatic carbocycles. The number of hydrogen-bond acceptors (Lipinski definition) is 5. The first-order valence-corrected chi connectivity index (χ1v) is 6.05. The van der Waals surface area contributed by atoms with E-state index in [2.05, 4.69) is 15.3 Å². The number of amides is 1. The molecule has 0 aliphatic rings. The van der Waals surface area contributed by atoms with E-state index in [4.69, 9.17) is 10.5 Å². The van der Waals surface area contributed by atoms with Crippen LogP contribution >= 0.6 is 0 Å². The maximum Gasteiger partial charge on any atom is 0.249 e. The van der Waals surface area contributed by atoms with Crippen LogP contribution in [0.1, 0.15) is 12.6 Å². The minimum Gasteiger partial charge on any atom is -0.495 e. The molecule has 1 aromatic heterocycles. The zero-order valence-corrected chi connectivity index (χ0v) is 11.3. The second kappa shape index (κ2) is 5.56. The quantitative estimate of drug-likeness (QED) is 0.856. The van der Waals surface area contributed by atoms with Crippen LogP contribution < -0.4 is 15.8 Å². The van der Waals surface area contributed by atoms with Gasteiger partial charge in [-0.3, -0.25) is 14.8 Å². The number of benzene rings is 1. The van der Waals surface area contributed by atoms with Crippen molar-refractivity contribution in [2.45, 2.75) is 12.5 Å². The van der Waals surface area contributed by atoms with Gasteiger partial charge in [0.15, 0.2) is 5.54 Å². The fourth-order valence-electron chi connectivity index (χ4n) is 1.83. The molecule has 0 radical (unpaired) electrons. The normalized spacial score (nSPS) is 13.3. The highest BCUT2D eigenvalue weighted by molar-refractivity contribution is 5.88. The number of rotatable bonds is 5. The number of ether oxygens (including phenoxy) is 1. The van der Waals surface area contributed by atoms with Crippen molar-refractivity contribution in [2.24, 2.45) is 5.73 Å². The summed E-state index contributed by atoms with van der Waals surface area (Å²) in [6.07, 6.45) is 4.56. The summed E-state index contributed by atoms with van der Waals surface area (Å²) >= 11 is 0. The lowest BCUT2D eigenvalue weighted by molar-refractivity contribution is -0.122. The minimum atomic E-state index is -1.18. The summed E-state index contributed by atoms with van der Waals surface area (Å²) in [4.78, 5) is 20.0. The summed E-state index contributed by atoms with van der Waals surface area (Å²) in [7, 11) is 1.56. The van der Waals surface area contributed by atoms with Gasteiger partial charge in [0.25, 0.3) is 0 Å². The number of primary amides is 1. The lowest BCUT2D eigenvalue weighted by atomic mass is 9.96. The summed E-state index contributed by atoms with van der Waals surface area (Å²) in [6.45, 7) is 1.66.